The number of carboxylic acid groups (broad SMARTS) is 1. The van der Waals surface area contributed by atoms with Crippen molar-refractivity contribution < 1.29 is 29.0 Å². The van der Waals surface area contributed by atoms with Crippen molar-refractivity contribution in [2.24, 2.45) is 0 Å². The maximum Gasteiger partial charge on any atom is 0.513 e. The Kier molecular flexibility index (Phi) is 4.42. The highest BCUT2D eigenvalue weighted by atomic mass is 16.7. The summed E-state index contributed by atoms with van der Waals surface area (Å²) in [7, 11) is 1.17. The highest BCUT2D eigenvalue weighted by Crippen LogP contribution is 2.18. The molecular formula is C12H12O6. The molecule has 0 spiro atoms. The fourth-order valence-electron chi connectivity index (χ4n) is 1.55. The van der Waals surface area contributed by atoms with Crippen molar-refractivity contribution in [3.8, 4) is 0 Å². The van der Waals surface area contributed by atoms with Gasteiger partial charge in [0.25, 0.3) is 0 Å². The predicted molar refractivity (Wildman–Crippen MR) is 60.6 cm³/mol. The van der Waals surface area contributed by atoms with Crippen LogP contribution in [0.25, 0.3) is 0 Å². The first-order chi connectivity index (χ1) is 8.51. The number of methoxy groups -OCH3 is 1. The lowest BCUT2D eigenvalue weighted by molar-refractivity contribution is 0.0488. The molecule has 1 N–H and O–H groups in total. The lowest BCUT2D eigenvalue weighted by Crippen LogP contribution is -2.17. The van der Waals surface area contributed by atoms with Crippen molar-refractivity contribution in [3.63, 3.8) is 0 Å². The SMILES string of the molecule is CCc1cccc(C(=O)OC)c1C(=O)OC(=O)O. The lowest BCUT2D eigenvalue weighted by Gasteiger charge is -2.10. The van der Waals surface area contributed by atoms with Crippen molar-refractivity contribution in [1.29, 1.82) is 0 Å². The Hall–Kier alpha value is -2.37. The number of rotatable bonds is 3. The van der Waals surface area contributed by atoms with E-state index in [0.717, 1.165) is 0 Å². The van der Waals surface area contributed by atoms with Crippen LogP contribution in [0.1, 0.15) is 33.2 Å². The number of hydrogen-bond donors (Lipinski definition) is 1. The van der Waals surface area contributed by atoms with E-state index in [2.05, 4.69) is 9.47 Å². The van der Waals surface area contributed by atoms with Crippen LogP contribution in [0.2, 0.25) is 0 Å². The first-order valence-electron chi connectivity index (χ1n) is 5.16. The molecular weight excluding hydrogens is 240 g/mol. The van der Waals surface area contributed by atoms with E-state index in [1.807, 2.05) is 0 Å². The van der Waals surface area contributed by atoms with Crippen LogP contribution in [0.5, 0.6) is 0 Å². The minimum absolute atomic E-state index is 0.0110. The molecule has 0 heterocycles. The van der Waals surface area contributed by atoms with Crippen molar-refractivity contribution in [3.05, 3.63) is 34.9 Å². The average molecular weight is 252 g/mol. The fraction of sp³-hybridized carbons (Fsp3) is 0.250. The molecule has 0 aliphatic heterocycles. The second-order valence-electron chi connectivity index (χ2n) is 3.34. The van der Waals surface area contributed by atoms with Gasteiger partial charge in [0.15, 0.2) is 0 Å². The van der Waals surface area contributed by atoms with Gasteiger partial charge in [-0.2, -0.15) is 0 Å². The topological polar surface area (TPSA) is 89.9 Å². The van der Waals surface area contributed by atoms with Gasteiger partial charge in [-0.25, -0.2) is 14.4 Å². The van der Waals surface area contributed by atoms with Gasteiger partial charge in [-0.3, -0.25) is 0 Å². The summed E-state index contributed by atoms with van der Waals surface area (Å²) in [6.07, 6.45) is -1.27. The summed E-state index contributed by atoms with van der Waals surface area (Å²) in [5, 5.41) is 8.44. The van der Waals surface area contributed by atoms with E-state index in [1.54, 1.807) is 19.1 Å². The second-order valence-corrected chi connectivity index (χ2v) is 3.34. The maximum atomic E-state index is 11.7. The molecule has 96 valence electrons. The van der Waals surface area contributed by atoms with Crippen LogP contribution in [0, 0.1) is 0 Å². The number of benzene rings is 1. The van der Waals surface area contributed by atoms with E-state index in [9.17, 15) is 14.4 Å². The summed E-state index contributed by atoms with van der Waals surface area (Å²) in [6, 6.07) is 4.58. The minimum atomic E-state index is -1.72. The van der Waals surface area contributed by atoms with Gasteiger partial charge in [0.1, 0.15) is 0 Å². The Bertz CT molecular complexity index is 491. The van der Waals surface area contributed by atoms with Crippen LogP contribution in [0.15, 0.2) is 18.2 Å². The van der Waals surface area contributed by atoms with Crippen LogP contribution >= 0.6 is 0 Å². The molecule has 0 bridgehead atoms. The quantitative estimate of drug-likeness (QED) is 0.652. The van der Waals surface area contributed by atoms with Gasteiger partial charge in [-0.1, -0.05) is 19.1 Å². The van der Waals surface area contributed by atoms with Gasteiger partial charge in [0.05, 0.1) is 18.2 Å². The highest BCUT2D eigenvalue weighted by molar-refractivity contribution is 6.06. The molecule has 0 radical (unpaired) electrons. The molecule has 6 heteroatoms. The molecule has 0 fully saturated rings. The van der Waals surface area contributed by atoms with Gasteiger partial charge in [-0.05, 0) is 18.1 Å². The highest BCUT2D eigenvalue weighted by Gasteiger charge is 2.23. The lowest BCUT2D eigenvalue weighted by atomic mass is 9.99. The smallest absolute Gasteiger partial charge is 0.465 e. The zero-order chi connectivity index (χ0) is 13.7. The number of carbonyl (C=O) groups is 3. The minimum Gasteiger partial charge on any atom is -0.465 e. The largest absolute Gasteiger partial charge is 0.513 e. The summed E-state index contributed by atoms with van der Waals surface area (Å²) in [4.78, 5) is 33.6. The molecule has 0 unspecified atom stereocenters. The molecule has 1 rings (SSSR count). The van der Waals surface area contributed by atoms with Crippen LogP contribution < -0.4 is 0 Å². The summed E-state index contributed by atoms with van der Waals surface area (Å²) >= 11 is 0. The third kappa shape index (κ3) is 2.85. The number of aryl methyl sites for hydroxylation is 1. The number of esters is 2. The van der Waals surface area contributed by atoms with Gasteiger partial charge in [-0.15, -0.1) is 0 Å². The Morgan fingerprint density at radius 3 is 2.39 bits per heavy atom. The van der Waals surface area contributed by atoms with E-state index >= 15 is 0 Å². The Morgan fingerprint density at radius 1 is 1.22 bits per heavy atom. The van der Waals surface area contributed by atoms with Crippen LogP contribution in [0.4, 0.5) is 4.79 Å². The van der Waals surface area contributed by atoms with Crippen molar-refractivity contribution in [2.45, 2.75) is 13.3 Å². The fourth-order valence-corrected chi connectivity index (χ4v) is 1.55. The molecule has 0 aromatic heterocycles. The van der Waals surface area contributed by atoms with Crippen molar-refractivity contribution in [2.75, 3.05) is 7.11 Å². The Balaban J connectivity index is 3.32. The van der Waals surface area contributed by atoms with Crippen LogP contribution in [0.3, 0.4) is 0 Å². The summed E-state index contributed by atoms with van der Waals surface area (Å²) in [5.41, 5.74) is 0.432. The third-order valence-corrected chi connectivity index (χ3v) is 2.32. The Morgan fingerprint density at radius 2 is 1.89 bits per heavy atom. The van der Waals surface area contributed by atoms with Gasteiger partial charge >= 0.3 is 18.1 Å². The molecule has 0 aliphatic carbocycles. The first kappa shape index (κ1) is 13.7. The van der Waals surface area contributed by atoms with Crippen molar-refractivity contribution >= 4 is 18.1 Å². The predicted octanol–water partition coefficient (Wildman–Crippen LogP) is 1.87. The molecule has 6 nitrogen and oxygen atoms in total. The van der Waals surface area contributed by atoms with E-state index in [-0.39, 0.29) is 11.1 Å². The second kappa shape index (κ2) is 5.81. The molecule has 0 saturated carbocycles. The third-order valence-electron chi connectivity index (χ3n) is 2.32. The summed E-state index contributed by atoms with van der Waals surface area (Å²) in [6.45, 7) is 1.77. The van der Waals surface area contributed by atoms with E-state index in [4.69, 9.17) is 5.11 Å². The molecule has 0 amide bonds. The van der Waals surface area contributed by atoms with Gasteiger partial charge in [0.2, 0.25) is 0 Å². The summed E-state index contributed by atoms with van der Waals surface area (Å²) < 4.78 is 8.62. The zero-order valence-electron chi connectivity index (χ0n) is 9.93. The number of ether oxygens (including phenoxy) is 2. The first-order valence-corrected chi connectivity index (χ1v) is 5.16. The molecule has 1 aromatic carbocycles. The van der Waals surface area contributed by atoms with Gasteiger partial charge in [0, 0.05) is 0 Å². The number of carbonyl (C=O) groups excluding carboxylic acids is 2. The molecule has 0 atom stereocenters. The normalized spacial score (nSPS) is 9.67. The average Bonchev–Trinajstić information content (AvgIpc) is 2.35. The van der Waals surface area contributed by atoms with Crippen LogP contribution in [-0.2, 0) is 15.9 Å². The molecule has 0 aliphatic rings. The summed E-state index contributed by atoms with van der Waals surface area (Å²) in [5.74, 6) is -1.80. The van der Waals surface area contributed by atoms with E-state index in [1.165, 1.54) is 13.2 Å². The number of hydrogen-bond acceptors (Lipinski definition) is 5. The standard InChI is InChI=1S/C12H12O6/c1-3-7-5-4-6-8(10(13)17-2)9(7)11(14)18-12(15)16/h4-6H,3H2,1-2H3,(H,15,16). The molecule has 0 saturated heterocycles. The van der Waals surface area contributed by atoms with E-state index in [0.29, 0.717) is 12.0 Å². The van der Waals surface area contributed by atoms with Crippen LogP contribution in [-0.4, -0.2) is 30.3 Å². The Labute approximate surface area is 103 Å². The van der Waals surface area contributed by atoms with Crippen molar-refractivity contribution in [1.82, 2.24) is 0 Å². The maximum absolute atomic E-state index is 11.7. The monoisotopic (exact) mass is 252 g/mol. The van der Waals surface area contributed by atoms with Gasteiger partial charge < -0.3 is 14.6 Å². The zero-order valence-corrected chi connectivity index (χ0v) is 9.93. The van der Waals surface area contributed by atoms with E-state index < -0.39 is 18.1 Å². The molecule has 18 heavy (non-hydrogen) atoms. The molecule has 1 aromatic rings.